The second kappa shape index (κ2) is 7.39. The summed E-state index contributed by atoms with van der Waals surface area (Å²) in [6.07, 6.45) is 8.17. The second-order valence-electron chi connectivity index (χ2n) is 6.45. The van der Waals surface area contributed by atoms with Gasteiger partial charge in [-0.05, 0) is 43.4 Å². The van der Waals surface area contributed by atoms with E-state index in [-0.39, 0.29) is 17.7 Å². The Morgan fingerprint density at radius 3 is 2.52 bits per heavy atom. The van der Waals surface area contributed by atoms with Gasteiger partial charge in [0, 0.05) is 29.6 Å². The number of nitrogens with zero attached hydrogens (tertiary/aromatic N) is 1. The standard InChI is InChI=1S/C18H24N2O2S/c1-23-16-9-7-15(8-10-16)20-12-13(11-17(20)21)18(22)19-14-5-3-2-4-6-14/h7-10,13-14H,2-6,11-12H2,1H3,(H,19,22)/t13-/m0/s1. The van der Waals surface area contributed by atoms with E-state index in [4.69, 9.17) is 0 Å². The first-order chi connectivity index (χ1) is 11.2. The van der Waals surface area contributed by atoms with Crippen molar-refractivity contribution in [1.82, 2.24) is 5.32 Å². The van der Waals surface area contributed by atoms with Crippen LogP contribution in [0.1, 0.15) is 38.5 Å². The molecule has 23 heavy (non-hydrogen) atoms. The molecule has 2 fully saturated rings. The predicted octanol–water partition coefficient (Wildman–Crippen LogP) is 3.21. The Morgan fingerprint density at radius 1 is 1.17 bits per heavy atom. The zero-order chi connectivity index (χ0) is 16.2. The normalized spacial score (nSPS) is 22.4. The lowest BCUT2D eigenvalue weighted by atomic mass is 9.95. The van der Waals surface area contributed by atoms with Crippen molar-refractivity contribution in [3.8, 4) is 0 Å². The lowest BCUT2D eigenvalue weighted by Gasteiger charge is -2.24. The smallest absolute Gasteiger partial charge is 0.227 e. The van der Waals surface area contributed by atoms with Gasteiger partial charge in [-0.1, -0.05) is 19.3 Å². The van der Waals surface area contributed by atoms with E-state index in [0.717, 1.165) is 18.5 Å². The largest absolute Gasteiger partial charge is 0.353 e. The molecule has 1 atom stereocenters. The summed E-state index contributed by atoms with van der Waals surface area (Å²) < 4.78 is 0. The molecule has 2 aliphatic rings. The van der Waals surface area contributed by atoms with E-state index in [2.05, 4.69) is 5.32 Å². The Bertz CT molecular complexity index is 567. The number of amides is 2. The van der Waals surface area contributed by atoms with Crippen LogP contribution in [0.2, 0.25) is 0 Å². The van der Waals surface area contributed by atoms with E-state index in [9.17, 15) is 9.59 Å². The van der Waals surface area contributed by atoms with Crippen molar-refractivity contribution in [1.29, 1.82) is 0 Å². The van der Waals surface area contributed by atoms with Crippen molar-refractivity contribution >= 4 is 29.3 Å². The number of benzene rings is 1. The van der Waals surface area contributed by atoms with Crippen LogP contribution in [0.3, 0.4) is 0 Å². The highest BCUT2D eigenvalue weighted by atomic mass is 32.2. The maximum Gasteiger partial charge on any atom is 0.227 e. The summed E-state index contributed by atoms with van der Waals surface area (Å²) in [5.74, 6) is -0.121. The van der Waals surface area contributed by atoms with E-state index >= 15 is 0 Å². The summed E-state index contributed by atoms with van der Waals surface area (Å²) in [7, 11) is 0. The van der Waals surface area contributed by atoms with E-state index in [0.29, 0.717) is 19.0 Å². The maximum absolute atomic E-state index is 12.4. The summed E-state index contributed by atoms with van der Waals surface area (Å²) in [6.45, 7) is 0.496. The van der Waals surface area contributed by atoms with Gasteiger partial charge in [-0.3, -0.25) is 9.59 Å². The molecule has 5 heteroatoms. The van der Waals surface area contributed by atoms with E-state index < -0.39 is 0 Å². The Balaban J connectivity index is 1.60. The molecule has 0 radical (unpaired) electrons. The fourth-order valence-corrected chi connectivity index (χ4v) is 3.87. The van der Waals surface area contributed by atoms with Crippen LogP contribution in [0.4, 0.5) is 5.69 Å². The molecule has 0 spiro atoms. The molecular formula is C18H24N2O2S. The van der Waals surface area contributed by atoms with Crippen LogP contribution in [0.25, 0.3) is 0 Å². The van der Waals surface area contributed by atoms with E-state index in [1.807, 2.05) is 30.5 Å². The molecular weight excluding hydrogens is 308 g/mol. The zero-order valence-electron chi connectivity index (χ0n) is 13.6. The van der Waals surface area contributed by atoms with Crippen LogP contribution in [0.15, 0.2) is 29.2 Å². The molecule has 0 aromatic heterocycles. The highest BCUT2D eigenvalue weighted by molar-refractivity contribution is 7.98. The molecule has 2 amide bonds. The molecule has 1 aromatic rings. The number of hydrogen-bond acceptors (Lipinski definition) is 3. The van der Waals surface area contributed by atoms with Crippen LogP contribution >= 0.6 is 11.8 Å². The Hall–Kier alpha value is -1.49. The molecule has 1 N–H and O–H groups in total. The van der Waals surface area contributed by atoms with Crippen LogP contribution in [0.5, 0.6) is 0 Å². The molecule has 0 unspecified atom stereocenters. The Labute approximate surface area is 142 Å². The highest BCUT2D eigenvalue weighted by Crippen LogP contribution is 2.27. The van der Waals surface area contributed by atoms with Crippen LogP contribution in [-0.4, -0.2) is 30.7 Å². The van der Waals surface area contributed by atoms with Gasteiger partial charge in [0.05, 0.1) is 5.92 Å². The number of carbonyl (C=O) groups is 2. The number of rotatable bonds is 4. The van der Waals surface area contributed by atoms with Crippen molar-refractivity contribution < 1.29 is 9.59 Å². The summed E-state index contributed by atoms with van der Waals surface area (Å²) >= 11 is 1.68. The van der Waals surface area contributed by atoms with Crippen molar-refractivity contribution in [2.45, 2.75) is 49.5 Å². The maximum atomic E-state index is 12.4. The van der Waals surface area contributed by atoms with E-state index in [1.165, 1.54) is 24.2 Å². The fourth-order valence-electron chi connectivity index (χ4n) is 3.46. The minimum Gasteiger partial charge on any atom is -0.353 e. The SMILES string of the molecule is CSc1ccc(N2C[C@@H](C(=O)NC3CCCCC3)CC2=O)cc1. The number of hydrogen-bond donors (Lipinski definition) is 1. The monoisotopic (exact) mass is 332 g/mol. The number of carbonyl (C=O) groups excluding carboxylic acids is 2. The third kappa shape index (κ3) is 3.89. The first kappa shape index (κ1) is 16.4. The first-order valence-corrected chi connectivity index (χ1v) is 9.64. The summed E-state index contributed by atoms with van der Waals surface area (Å²) in [6, 6.07) is 8.27. The van der Waals surface area contributed by atoms with Crippen molar-refractivity contribution in [3.05, 3.63) is 24.3 Å². The zero-order valence-corrected chi connectivity index (χ0v) is 14.4. The van der Waals surface area contributed by atoms with Gasteiger partial charge in [-0.2, -0.15) is 0 Å². The lowest BCUT2D eigenvalue weighted by Crippen LogP contribution is -2.40. The lowest BCUT2D eigenvalue weighted by molar-refractivity contribution is -0.127. The van der Waals surface area contributed by atoms with Gasteiger partial charge in [0.2, 0.25) is 11.8 Å². The average Bonchev–Trinajstić information content (AvgIpc) is 2.98. The van der Waals surface area contributed by atoms with Gasteiger partial charge < -0.3 is 10.2 Å². The van der Waals surface area contributed by atoms with Crippen LogP contribution < -0.4 is 10.2 Å². The third-order valence-corrected chi connectivity index (χ3v) is 5.58. The molecule has 3 rings (SSSR count). The molecule has 0 bridgehead atoms. The Kier molecular flexibility index (Phi) is 5.26. The summed E-state index contributed by atoms with van der Waals surface area (Å²) in [5.41, 5.74) is 0.890. The minimum absolute atomic E-state index is 0.0469. The molecule has 1 saturated heterocycles. The van der Waals surface area contributed by atoms with Gasteiger partial charge in [0.1, 0.15) is 0 Å². The third-order valence-electron chi connectivity index (χ3n) is 4.83. The van der Waals surface area contributed by atoms with Gasteiger partial charge in [0.25, 0.3) is 0 Å². The summed E-state index contributed by atoms with van der Waals surface area (Å²) in [4.78, 5) is 27.6. The van der Waals surface area contributed by atoms with Gasteiger partial charge in [-0.15, -0.1) is 11.8 Å². The van der Waals surface area contributed by atoms with Crippen LogP contribution in [0, 0.1) is 5.92 Å². The molecule has 1 aliphatic carbocycles. The topological polar surface area (TPSA) is 49.4 Å². The van der Waals surface area contributed by atoms with Crippen molar-refractivity contribution in [3.63, 3.8) is 0 Å². The van der Waals surface area contributed by atoms with Gasteiger partial charge in [-0.25, -0.2) is 0 Å². The van der Waals surface area contributed by atoms with Crippen LogP contribution in [-0.2, 0) is 9.59 Å². The molecule has 124 valence electrons. The molecule has 1 aliphatic heterocycles. The molecule has 1 saturated carbocycles. The Morgan fingerprint density at radius 2 is 1.87 bits per heavy atom. The quantitative estimate of drug-likeness (QED) is 0.861. The number of nitrogens with one attached hydrogen (secondary N) is 1. The average molecular weight is 332 g/mol. The predicted molar refractivity (Wildman–Crippen MR) is 93.7 cm³/mol. The summed E-state index contributed by atoms with van der Waals surface area (Å²) in [5, 5.41) is 3.15. The van der Waals surface area contributed by atoms with Crippen molar-refractivity contribution in [2.75, 3.05) is 17.7 Å². The fraction of sp³-hybridized carbons (Fsp3) is 0.556. The molecule has 1 heterocycles. The first-order valence-electron chi connectivity index (χ1n) is 8.42. The minimum atomic E-state index is -0.218. The van der Waals surface area contributed by atoms with Gasteiger partial charge >= 0.3 is 0 Å². The number of anilines is 1. The second-order valence-corrected chi connectivity index (χ2v) is 7.33. The highest BCUT2D eigenvalue weighted by Gasteiger charge is 2.35. The molecule has 1 aromatic carbocycles. The van der Waals surface area contributed by atoms with Crippen molar-refractivity contribution in [2.24, 2.45) is 5.92 Å². The van der Waals surface area contributed by atoms with Gasteiger partial charge in [0.15, 0.2) is 0 Å². The molecule has 4 nitrogen and oxygen atoms in total. The van der Waals surface area contributed by atoms with E-state index in [1.54, 1.807) is 16.7 Å². The number of thioether (sulfide) groups is 1.